The lowest BCUT2D eigenvalue weighted by Crippen LogP contribution is -2.43. The third-order valence-electron chi connectivity index (χ3n) is 3.20. The van der Waals surface area contributed by atoms with Gasteiger partial charge in [0.25, 0.3) is 0 Å². The Labute approximate surface area is 137 Å². The van der Waals surface area contributed by atoms with Gasteiger partial charge < -0.3 is 4.74 Å². The normalized spacial score (nSPS) is 15.2. The van der Waals surface area contributed by atoms with E-state index >= 15 is 0 Å². The summed E-state index contributed by atoms with van der Waals surface area (Å²) in [6, 6.07) is 7.52. The fraction of sp³-hybridized carbons (Fsp3) is 0.444. The first-order valence-corrected chi connectivity index (χ1v) is 8.64. The first-order chi connectivity index (χ1) is 10.3. The lowest BCUT2D eigenvalue weighted by Gasteiger charge is -2.32. The number of nitrogens with one attached hydrogen (secondary N) is 1. The molecule has 1 rings (SSSR count). The first-order valence-electron chi connectivity index (χ1n) is 7.49. The van der Waals surface area contributed by atoms with Crippen molar-refractivity contribution in [3.63, 3.8) is 0 Å². The van der Waals surface area contributed by atoms with E-state index in [1.54, 1.807) is 6.08 Å². The molecule has 0 aromatic heterocycles. The Balaban J connectivity index is 3.03. The third-order valence-corrected chi connectivity index (χ3v) is 4.35. The van der Waals surface area contributed by atoms with Crippen LogP contribution in [0, 0.1) is 12.3 Å². The molecule has 4 heteroatoms. The molecule has 0 aliphatic carbocycles. The van der Waals surface area contributed by atoms with Gasteiger partial charge in [-0.3, -0.25) is 0 Å². The molecule has 0 fully saturated rings. The molecule has 0 amide bonds. The van der Waals surface area contributed by atoms with Crippen molar-refractivity contribution in [3.8, 4) is 0 Å². The summed E-state index contributed by atoms with van der Waals surface area (Å²) in [7, 11) is -1.30. The van der Waals surface area contributed by atoms with Crippen molar-refractivity contribution in [2.75, 3.05) is 6.61 Å². The Morgan fingerprint density at radius 2 is 1.95 bits per heavy atom. The van der Waals surface area contributed by atoms with Crippen LogP contribution in [0.3, 0.4) is 0 Å². The summed E-state index contributed by atoms with van der Waals surface area (Å²) in [6.07, 6.45) is 3.53. The summed E-state index contributed by atoms with van der Waals surface area (Å²) in [5.41, 5.74) is 0.999. The second-order valence-electron chi connectivity index (χ2n) is 6.24. The molecule has 0 heterocycles. The van der Waals surface area contributed by atoms with E-state index in [1.165, 1.54) is 0 Å². The van der Waals surface area contributed by atoms with Crippen LogP contribution in [-0.2, 0) is 15.7 Å². The molecule has 0 spiro atoms. The summed E-state index contributed by atoms with van der Waals surface area (Å²) in [5.74, 6) is 0.755. The monoisotopic (exact) mass is 321 g/mol. The van der Waals surface area contributed by atoms with Crippen LogP contribution in [0.1, 0.15) is 33.3 Å². The minimum absolute atomic E-state index is 0.148. The lowest BCUT2D eigenvalue weighted by molar-refractivity contribution is 0.166. The quantitative estimate of drug-likeness (QED) is 0.606. The van der Waals surface area contributed by atoms with E-state index in [0.717, 1.165) is 16.2 Å². The SMILES string of the molecule is C=C/C=C(/OCC)[C@@H](N[S@](=O)c1ccc(C)cc1)C(C)(C)C. The Kier molecular flexibility index (Phi) is 7.04. The molecule has 0 aliphatic heterocycles. The van der Waals surface area contributed by atoms with Crippen molar-refractivity contribution >= 4 is 11.0 Å². The Hall–Kier alpha value is -1.39. The number of ether oxygens (including phenoxy) is 1. The maximum atomic E-state index is 12.6. The van der Waals surface area contributed by atoms with E-state index in [2.05, 4.69) is 32.1 Å². The van der Waals surface area contributed by atoms with Crippen molar-refractivity contribution in [2.24, 2.45) is 5.41 Å². The molecule has 1 aromatic carbocycles. The second-order valence-corrected chi connectivity index (χ2v) is 7.48. The van der Waals surface area contributed by atoms with Crippen LogP contribution in [0.4, 0.5) is 0 Å². The summed E-state index contributed by atoms with van der Waals surface area (Å²) >= 11 is 0. The molecular weight excluding hydrogens is 294 g/mol. The fourth-order valence-corrected chi connectivity index (χ4v) is 3.21. The van der Waals surface area contributed by atoms with Gasteiger partial charge in [-0.1, -0.05) is 51.1 Å². The highest BCUT2D eigenvalue weighted by molar-refractivity contribution is 7.83. The summed E-state index contributed by atoms with van der Waals surface area (Å²) in [5, 5.41) is 0. The minimum Gasteiger partial charge on any atom is -0.497 e. The highest BCUT2D eigenvalue weighted by atomic mass is 32.2. The first kappa shape index (κ1) is 18.7. The molecule has 0 bridgehead atoms. The molecule has 0 saturated heterocycles. The molecule has 3 nitrogen and oxygen atoms in total. The summed E-state index contributed by atoms with van der Waals surface area (Å²) < 4.78 is 21.5. The number of rotatable bonds is 7. The number of aryl methyl sites for hydroxylation is 1. The molecule has 0 aliphatic rings. The molecule has 0 radical (unpaired) electrons. The van der Waals surface area contributed by atoms with Crippen molar-refractivity contribution in [1.29, 1.82) is 0 Å². The second kappa shape index (κ2) is 8.30. The maximum absolute atomic E-state index is 12.6. The van der Waals surface area contributed by atoms with E-state index in [1.807, 2.05) is 44.2 Å². The van der Waals surface area contributed by atoms with Crippen LogP contribution >= 0.6 is 0 Å². The molecule has 1 N–H and O–H groups in total. The van der Waals surface area contributed by atoms with Crippen LogP contribution in [-0.4, -0.2) is 16.9 Å². The average molecular weight is 321 g/mol. The van der Waals surface area contributed by atoms with Gasteiger partial charge >= 0.3 is 0 Å². The average Bonchev–Trinajstić information content (AvgIpc) is 2.44. The maximum Gasteiger partial charge on any atom is 0.125 e. The van der Waals surface area contributed by atoms with Gasteiger partial charge in [0.15, 0.2) is 0 Å². The van der Waals surface area contributed by atoms with E-state index in [9.17, 15) is 4.21 Å². The predicted molar refractivity (Wildman–Crippen MR) is 93.9 cm³/mol. The molecule has 0 saturated carbocycles. The van der Waals surface area contributed by atoms with Gasteiger partial charge in [-0.25, -0.2) is 8.93 Å². The van der Waals surface area contributed by atoms with Gasteiger partial charge in [-0.05, 0) is 37.5 Å². The van der Waals surface area contributed by atoms with Gasteiger partial charge in [0.1, 0.15) is 16.7 Å². The van der Waals surface area contributed by atoms with Gasteiger partial charge in [0.2, 0.25) is 0 Å². The molecular formula is C18H27NO2S. The zero-order chi connectivity index (χ0) is 16.8. The van der Waals surface area contributed by atoms with Gasteiger partial charge in [0.05, 0.1) is 17.5 Å². The van der Waals surface area contributed by atoms with Crippen molar-refractivity contribution < 1.29 is 8.95 Å². The van der Waals surface area contributed by atoms with E-state index in [4.69, 9.17) is 4.74 Å². The smallest absolute Gasteiger partial charge is 0.125 e. The fourth-order valence-electron chi connectivity index (χ4n) is 2.01. The molecule has 22 heavy (non-hydrogen) atoms. The van der Waals surface area contributed by atoms with E-state index in [0.29, 0.717) is 6.61 Å². The van der Waals surface area contributed by atoms with Crippen molar-refractivity contribution in [2.45, 2.75) is 45.6 Å². The van der Waals surface area contributed by atoms with Gasteiger partial charge in [0, 0.05) is 0 Å². The summed E-state index contributed by atoms with van der Waals surface area (Å²) in [6.45, 7) is 14.5. The predicted octanol–water partition coefficient (Wildman–Crippen LogP) is 4.13. The Bertz CT molecular complexity index is 541. The van der Waals surface area contributed by atoms with Crippen molar-refractivity contribution in [3.05, 3.63) is 54.3 Å². The van der Waals surface area contributed by atoms with Crippen LogP contribution in [0.25, 0.3) is 0 Å². The topological polar surface area (TPSA) is 38.3 Å². The highest BCUT2D eigenvalue weighted by Gasteiger charge is 2.30. The molecule has 1 aromatic rings. The number of hydrogen-bond donors (Lipinski definition) is 1. The summed E-state index contributed by atoms with van der Waals surface area (Å²) in [4.78, 5) is 0.759. The molecule has 2 atom stereocenters. The van der Waals surface area contributed by atoms with E-state index in [-0.39, 0.29) is 11.5 Å². The standard InChI is InChI=1S/C18H27NO2S/c1-7-9-16(21-8-2)17(18(4,5)6)19-22(20)15-12-10-14(3)11-13-15/h7,9-13,17,19H,1,8H2,2-6H3/b16-9+/t17-,22-/m1/s1. The van der Waals surface area contributed by atoms with Crippen LogP contribution in [0.5, 0.6) is 0 Å². The van der Waals surface area contributed by atoms with Crippen LogP contribution in [0.15, 0.2) is 53.7 Å². The largest absolute Gasteiger partial charge is 0.497 e. The Morgan fingerprint density at radius 1 is 1.36 bits per heavy atom. The van der Waals surface area contributed by atoms with E-state index < -0.39 is 11.0 Å². The minimum atomic E-state index is -1.30. The van der Waals surface area contributed by atoms with Crippen molar-refractivity contribution in [1.82, 2.24) is 4.72 Å². The highest BCUT2D eigenvalue weighted by Crippen LogP contribution is 2.27. The van der Waals surface area contributed by atoms with Gasteiger partial charge in [-0.15, -0.1) is 0 Å². The zero-order valence-corrected chi connectivity index (χ0v) is 15.0. The van der Waals surface area contributed by atoms with Crippen LogP contribution in [0.2, 0.25) is 0 Å². The molecule has 0 unspecified atom stereocenters. The lowest BCUT2D eigenvalue weighted by atomic mass is 9.86. The number of benzene rings is 1. The number of allylic oxidation sites excluding steroid dienone is 2. The van der Waals surface area contributed by atoms with Gasteiger partial charge in [-0.2, -0.15) is 0 Å². The molecule has 122 valence electrons. The van der Waals surface area contributed by atoms with Crippen LogP contribution < -0.4 is 4.72 Å². The third kappa shape index (κ3) is 5.43. The Morgan fingerprint density at radius 3 is 2.41 bits per heavy atom. The number of hydrogen-bond acceptors (Lipinski definition) is 2. The zero-order valence-electron chi connectivity index (χ0n) is 14.2.